The summed E-state index contributed by atoms with van der Waals surface area (Å²) >= 11 is 0. The number of piperazine rings is 1. The van der Waals surface area contributed by atoms with E-state index in [4.69, 9.17) is 15.9 Å². The summed E-state index contributed by atoms with van der Waals surface area (Å²) in [5.41, 5.74) is 7.92. The normalized spacial score (nSPS) is 17.5. The summed E-state index contributed by atoms with van der Waals surface area (Å²) in [6.45, 7) is 6.73. The second-order valence-electron chi connectivity index (χ2n) is 8.16. The van der Waals surface area contributed by atoms with Gasteiger partial charge in [-0.05, 0) is 38.0 Å². The lowest BCUT2D eigenvalue weighted by molar-refractivity contribution is -0.131. The molecule has 1 aliphatic heterocycles. The second kappa shape index (κ2) is 7.93. The number of nitrogens with two attached hydrogens (primary N) is 1. The van der Waals surface area contributed by atoms with Crippen molar-refractivity contribution >= 4 is 23.1 Å². The molecule has 1 aliphatic carbocycles. The number of hydrogen-bond acceptors (Lipinski definition) is 7. The molecule has 1 saturated carbocycles. The van der Waals surface area contributed by atoms with E-state index in [9.17, 15) is 4.79 Å². The fourth-order valence-corrected chi connectivity index (χ4v) is 3.58. The Bertz CT molecular complexity index is 964. The van der Waals surface area contributed by atoms with Crippen molar-refractivity contribution in [1.82, 2.24) is 14.9 Å². The first-order chi connectivity index (χ1) is 14.4. The Balaban J connectivity index is 1.51. The smallest absolute Gasteiger partial charge is 0.222 e. The molecule has 4 rings (SSSR count). The molecule has 0 unspecified atom stereocenters. The highest BCUT2D eigenvalue weighted by atomic mass is 16.5. The molecule has 158 valence electrons. The molecule has 3 N–H and O–H groups in total. The van der Waals surface area contributed by atoms with Crippen molar-refractivity contribution in [3.05, 3.63) is 41.9 Å². The molecule has 8 nitrogen and oxygen atoms in total. The second-order valence-corrected chi connectivity index (χ2v) is 8.16. The van der Waals surface area contributed by atoms with Gasteiger partial charge in [0.25, 0.3) is 0 Å². The molecule has 1 saturated heterocycles. The molecular weight excluding hydrogens is 380 g/mol. The Morgan fingerprint density at radius 3 is 2.60 bits per heavy atom. The zero-order valence-corrected chi connectivity index (χ0v) is 17.5. The summed E-state index contributed by atoms with van der Waals surface area (Å²) in [6, 6.07) is 7.25. The van der Waals surface area contributed by atoms with Crippen LogP contribution in [0.25, 0.3) is 0 Å². The molecule has 0 atom stereocenters. The molecule has 0 spiro atoms. The van der Waals surface area contributed by atoms with E-state index in [0.717, 1.165) is 24.4 Å². The van der Waals surface area contributed by atoms with E-state index < -0.39 is 0 Å². The summed E-state index contributed by atoms with van der Waals surface area (Å²) in [6.07, 6.45) is 4.08. The lowest BCUT2D eigenvalue weighted by Gasteiger charge is -2.35. The number of nitrogen functional groups attached to an aromatic ring is 1. The maximum atomic E-state index is 11.9. The van der Waals surface area contributed by atoms with Crippen LogP contribution in [-0.2, 0) is 4.79 Å². The first-order valence-electron chi connectivity index (χ1n) is 10.4. The van der Waals surface area contributed by atoms with E-state index in [2.05, 4.69) is 21.8 Å². The average molecular weight is 409 g/mol. The number of anilines is 2. The van der Waals surface area contributed by atoms with Crippen molar-refractivity contribution < 1.29 is 9.53 Å². The Morgan fingerprint density at radius 1 is 1.20 bits per heavy atom. The fourth-order valence-electron chi connectivity index (χ4n) is 3.58. The minimum absolute atomic E-state index is 0.0982. The maximum absolute atomic E-state index is 11.9. The van der Waals surface area contributed by atoms with Crippen LogP contribution in [0.4, 0.5) is 11.5 Å². The number of aromatic nitrogens is 2. The van der Waals surface area contributed by atoms with Gasteiger partial charge in [-0.3, -0.25) is 10.2 Å². The lowest BCUT2D eigenvalue weighted by atomic mass is 10.0. The number of carbonyl (C=O) groups excluding carboxylic acids is 1. The third kappa shape index (κ3) is 4.22. The number of carbonyl (C=O) groups is 1. The van der Waals surface area contributed by atoms with Gasteiger partial charge in [-0.25, -0.2) is 9.97 Å². The minimum atomic E-state index is -0.0982. The number of benzene rings is 1. The van der Waals surface area contributed by atoms with Crippen molar-refractivity contribution in [1.29, 1.82) is 5.41 Å². The summed E-state index contributed by atoms with van der Waals surface area (Å²) in [4.78, 5) is 24.6. The summed E-state index contributed by atoms with van der Waals surface area (Å²) in [5.74, 6) is 1.65. The molecule has 2 heterocycles. The maximum Gasteiger partial charge on any atom is 0.222 e. The number of nitrogens with zero attached hydrogens (tertiary/aromatic N) is 4. The van der Waals surface area contributed by atoms with E-state index in [1.54, 1.807) is 6.07 Å². The van der Waals surface area contributed by atoms with Gasteiger partial charge < -0.3 is 20.3 Å². The first kappa shape index (κ1) is 20.1. The van der Waals surface area contributed by atoms with Gasteiger partial charge in [-0.15, -0.1) is 0 Å². The van der Waals surface area contributed by atoms with Crippen molar-refractivity contribution in [2.45, 2.75) is 38.7 Å². The first-order valence-corrected chi connectivity index (χ1v) is 10.4. The highest BCUT2D eigenvalue weighted by Gasteiger charge is 2.40. The van der Waals surface area contributed by atoms with E-state index in [1.807, 2.05) is 30.0 Å². The Labute approximate surface area is 176 Å². The highest BCUT2D eigenvalue weighted by Crippen LogP contribution is 2.40. The predicted octanol–water partition coefficient (Wildman–Crippen LogP) is 2.46. The Kier molecular flexibility index (Phi) is 5.32. The van der Waals surface area contributed by atoms with Crippen LogP contribution in [-0.4, -0.2) is 58.3 Å². The van der Waals surface area contributed by atoms with Gasteiger partial charge in [0.2, 0.25) is 5.91 Å². The molecule has 1 aromatic heterocycles. The number of ether oxygens (including phenoxy) is 1. The lowest BCUT2D eigenvalue weighted by Crippen LogP contribution is -2.48. The standard InChI is InChI=1S/C22H28N6O2/c1-3-20(29)28-10-8-27(9-11-28)19-13-18(25-14-26-19)21(24)16-12-15(4-5-17(16)23)30-22(2)6-7-22/h4-5,12-14,24H,3,6-11,23H2,1-2H3. The number of nitrogens with one attached hydrogen (secondary N) is 1. The van der Waals surface area contributed by atoms with Crippen molar-refractivity contribution in [3.8, 4) is 5.75 Å². The number of amides is 1. The zero-order valence-electron chi connectivity index (χ0n) is 17.5. The van der Waals surface area contributed by atoms with Crippen LogP contribution in [0, 0.1) is 5.41 Å². The molecule has 2 aliphatic rings. The van der Waals surface area contributed by atoms with Gasteiger partial charge in [0, 0.05) is 49.9 Å². The fraction of sp³-hybridized carbons (Fsp3) is 0.455. The Morgan fingerprint density at radius 2 is 1.93 bits per heavy atom. The molecule has 30 heavy (non-hydrogen) atoms. The van der Waals surface area contributed by atoms with Crippen LogP contribution in [0.3, 0.4) is 0 Å². The van der Waals surface area contributed by atoms with E-state index in [0.29, 0.717) is 49.5 Å². The van der Waals surface area contributed by atoms with Crippen LogP contribution in [0.15, 0.2) is 30.6 Å². The third-order valence-corrected chi connectivity index (χ3v) is 5.78. The molecule has 1 amide bonds. The quantitative estimate of drug-likeness (QED) is 0.561. The van der Waals surface area contributed by atoms with Crippen molar-refractivity contribution in [3.63, 3.8) is 0 Å². The predicted molar refractivity (Wildman–Crippen MR) is 116 cm³/mol. The third-order valence-electron chi connectivity index (χ3n) is 5.78. The van der Waals surface area contributed by atoms with Crippen LogP contribution in [0.2, 0.25) is 0 Å². The van der Waals surface area contributed by atoms with Crippen molar-refractivity contribution in [2.24, 2.45) is 0 Å². The van der Waals surface area contributed by atoms with Gasteiger partial charge >= 0.3 is 0 Å². The van der Waals surface area contributed by atoms with Crippen LogP contribution >= 0.6 is 0 Å². The van der Waals surface area contributed by atoms with Gasteiger partial charge in [0.15, 0.2) is 0 Å². The topological polar surface area (TPSA) is 108 Å². The molecular formula is C22H28N6O2. The molecule has 2 aromatic rings. The van der Waals surface area contributed by atoms with Gasteiger partial charge in [0.1, 0.15) is 23.5 Å². The van der Waals surface area contributed by atoms with Gasteiger partial charge in [-0.2, -0.15) is 0 Å². The molecule has 1 aromatic carbocycles. The SMILES string of the molecule is CCC(=O)N1CCN(c2cc(C(=N)c3cc(OC4(C)CC4)ccc3N)ncn2)CC1. The summed E-state index contributed by atoms with van der Waals surface area (Å²) in [7, 11) is 0. The summed E-state index contributed by atoms with van der Waals surface area (Å²) in [5, 5.41) is 8.68. The molecule has 2 fully saturated rings. The largest absolute Gasteiger partial charge is 0.488 e. The summed E-state index contributed by atoms with van der Waals surface area (Å²) < 4.78 is 6.03. The van der Waals surface area contributed by atoms with E-state index >= 15 is 0 Å². The number of hydrogen-bond donors (Lipinski definition) is 2. The monoisotopic (exact) mass is 408 g/mol. The average Bonchev–Trinajstić information content (AvgIpc) is 3.50. The number of rotatable bonds is 6. The van der Waals surface area contributed by atoms with Crippen LogP contribution < -0.4 is 15.4 Å². The Hall–Kier alpha value is -3.16. The van der Waals surface area contributed by atoms with Crippen LogP contribution in [0.1, 0.15) is 44.4 Å². The molecule has 8 heteroatoms. The molecule has 0 bridgehead atoms. The van der Waals surface area contributed by atoms with Crippen molar-refractivity contribution in [2.75, 3.05) is 36.8 Å². The van der Waals surface area contributed by atoms with Gasteiger partial charge in [-0.1, -0.05) is 6.92 Å². The van der Waals surface area contributed by atoms with E-state index in [1.165, 1.54) is 6.33 Å². The molecule has 0 radical (unpaired) electrons. The highest BCUT2D eigenvalue weighted by molar-refractivity contribution is 6.13. The van der Waals surface area contributed by atoms with E-state index in [-0.39, 0.29) is 17.2 Å². The minimum Gasteiger partial charge on any atom is -0.488 e. The van der Waals surface area contributed by atoms with Gasteiger partial charge in [0.05, 0.1) is 11.4 Å². The van der Waals surface area contributed by atoms with Crippen LogP contribution in [0.5, 0.6) is 5.75 Å². The zero-order chi connectivity index (χ0) is 21.3.